The van der Waals surface area contributed by atoms with Crippen LogP contribution in [-0.2, 0) is 4.74 Å². The highest BCUT2D eigenvalue weighted by Gasteiger charge is 2.33. The summed E-state index contributed by atoms with van der Waals surface area (Å²) >= 11 is 0. The number of hydrogen-bond donors (Lipinski definition) is 2. The number of aliphatic hydroxyl groups excluding tert-OH is 1. The number of hydrogen-bond acceptors (Lipinski definition) is 6. The summed E-state index contributed by atoms with van der Waals surface area (Å²) in [6, 6.07) is 1.63. The van der Waals surface area contributed by atoms with Crippen molar-refractivity contribution in [1.29, 1.82) is 0 Å². The zero-order valence-corrected chi connectivity index (χ0v) is 11.7. The van der Waals surface area contributed by atoms with Crippen LogP contribution in [0.15, 0.2) is 22.7 Å². The molecule has 7 heteroatoms. The average molecular weight is 293 g/mol. The summed E-state index contributed by atoms with van der Waals surface area (Å²) in [7, 11) is 0. The van der Waals surface area contributed by atoms with Gasteiger partial charge in [-0.3, -0.25) is 4.79 Å². The minimum absolute atomic E-state index is 0.101. The van der Waals surface area contributed by atoms with E-state index in [1.807, 2.05) is 17.1 Å². The van der Waals surface area contributed by atoms with Gasteiger partial charge < -0.3 is 24.6 Å². The highest BCUT2D eigenvalue weighted by atomic mass is 16.5. The van der Waals surface area contributed by atoms with Gasteiger partial charge in [-0.15, -0.1) is 0 Å². The number of anilines is 1. The molecule has 1 saturated heterocycles. The Hall–Kier alpha value is -1.86. The zero-order valence-electron chi connectivity index (χ0n) is 11.7. The van der Waals surface area contributed by atoms with Gasteiger partial charge in [0.25, 0.3) is 5.91 Å². The number of aliphatic hydroxyl groups is 1. The van der Waals surface area contributed by atoms with E-state index in [0.717, 1.165) is 13.1 Å². The average Bonchev–Trinajstić information content (AvgIpc) is 3.18. The van der Waals surface area contributed by atoms with Crippen molar-refractivity contribution in [2.45, 2.75) is 18.4 Å². The molecule has 0 radical (unpaired) electrons. The fraction of sp³-hybridized carbons (Fsp3) is 0.571. The lowest BCUT2D eigenvalue weighted by Crippen LogP contribution is -2.49. The van der Waals surface area contributed by atoms with Crippen molar-refractivity contribution in [2.75, 3.05) is 37.8 Å². The first kappa shape index (κ1) is 14.1. The van der Waals surface area contributed by atoms with Gasteiger partial charge in [-0.05, 0) is 12.8 Å². The van der Waals surface area contributed by atoms with Crippen molar-refractivity contribution in [2.24, 2.45) is 0 Å². The maximum atomic E-state index is 12.2. The quantitative estimate of drug-likeness (QED) is 0.778. The molecule has 0 spiro atoms. The molecule has 2 heterocycles. The molecule has 0 bridgehead atoms. The van der Waals surface area contributed by atoms with Crippen LogP contribution in [0.3, 0.4) is 0 Å². The lowest BCUT2D eigenvalue weighted by Gasteiger charge is -2.27. The summed E-state index contributed by atoms with van der Waals surface area (Å²) in [5.41, 5.74) is -0.608. The third-order valence-electron chi connectivity index (χ3n) is 3.92. The van der Waals surface area contributed by atoms with Crippen LogP contribution in [0, 0.1) is 0 Å². The number of rotatable bonds is 4. The normalized spacial score (nSPS) is 20.7. The Bertz CT molecular complexity index is 526. The van der Waals surface area contributed by atoms with Crippen molar-refractivity contribution in [3.63, 3.8) is 0 Å². The van der Waals surface area contributed by atoms with E-state index in [1.165, 1.54) is 0 Å². The molecule has 0 atom stereocenters. The highest BCUT2D eigenvalue weighted by Crippen LogP contribution is 2.24. The second-order valence-electron chi connectivity index (χ2n) is 5.42. The Morgan fingerprint density at radius 2 is 2.10 bits per heavy atom. The Labute approximate surface area is 122 Å². The maximum Gasteiger partial charge on any atom is 0.290 e. The molecule has 21 heavy (non-hydrogen) atoms. The minimum atomic E-state index is -0.608. The van der Waals surface area contributed by atoms with Crippen LogP contribution >= 0.6 is 0 Å². The molecular weight excluding hydrogens is 274 g/mol. The summed E-state index contributed by atoms with van der Waals surface area (Å²) in [6.45, 7) is 2.66. The molecule has 3 rings (SSSR count). The standard InChI is InChI=1S/C14H19N3O4/c18-10-14(3-1-2-4-14)15-13(19)11-9-12(16-21-11)17-5-7-20-8-6-17/h1-2,9,18H,3-8,10H2,(H,15,19). The minimum Gasteiger partial charge on any atom is -0.394 e. The summed E-state index contributed by atoms with van der Waals surface area (Å²) in [5, 5.41) is 16.3. The predicted molar refractivity (Wildman–Crippen MR) is 75.2 cm³/mol. The Morgan fingerprint density at radius 3 is 2.76 bits per heavy atom. The first-order chi connectivity index (χ1) is 10.2. The summed E-state index contributed by atoms with van der Waals surface area (Å²) < 4.78 is 10.4. The molecular formula is C14H19N3O4. The summed E-state index contributed by atoms with van der Waals surface area (Å²) in [4.78, 5) is 14.3. The van der Waals surface area contributed by atoms with Gasteiger partial charge in [-0.25, -0.2) is 0 Å². The number of morpholine rings is 1. The molecule has 1 aliphatic heterocycles. The molecule has 1 aliphatic carbocycles. The van der Waals surface area contributed by atoms with Gasteiger partial charge in [0.15, 0.2) is 5.82 Å². The second kappa shape index (κ2) is 5.87. The van der Waals surface area contributed by atoms with Gasteiger partial charge in [0, 0.05) is 19.2 Å². The third-order valence-corrected chi connectivity index (χ3v) is 3.92. The Balaban J connectivity index is 1.66. The number of carbonyl (C=O) groups excluding carboxylic acids is 1. The third kappa shape index (κ3) is 2.93. The number of aromatic nitrogens is 1. The van der Waals surface area contributed by atoms with E-state index >= 15 is 0 Å². The fourth-order valence-electron chi connectivity index (χ4n) is 2.59. The van der Waals surface area contributed by atoms with Crippen molar-refractivity contribution in [3.05, 3.63) is 24.0 Å². The number of nitrogens with one attached hydrogen (secondary N) is 1. The molecule has 2 N–H and O–H groups in total. The van der Waals surface area contributed by atoms with Crippen LogP contribution in [0.4, 0.5) is 5.82 Å². The lowest BCUT2D eigenvalue weighted by molar-refractivity contribution is 0.0808. The SMILES string of the molecule is O=C(NC1(CO)CC=CC1)c1cc(N2CCOCC2)no1. The maximum absolute atomic E-state index is 12.2. The first-order valence-corrected chi connectivity index (χ1v) is 7.10. The van der Waals surface area contributed by atoms with Gasteiger partial charge >= 0.3 is 0 Å². The summed E-state index contributed by atoms with van der Waals surface area (Å²) in [5.74, 6) is 0.460. The molecule has 1 aromatic rings. The van der Waals surface area contributed by atoms with Crippen molar-refractivity contribution in [1.82, 2.24) is 10.5 Å². The molecule has 0 unspecified atom stereocenters. The molecule has 0 aromatic carbocycles. The first-order valence-electron chi connectivity index (χ1n) is 7.10. The smallest absolute Gasteiger partial charge is 0.290 e. The second-order valence-corrected chi connectivity index (χ2v) is 5.42. The number of ether oxygens (including phenoxy) is 1. The lowest BCUT2D eigenvalue weighted by atomic mass is 9.98. The predicted octanol–water partition coefficient (Wildman–Crippen LogP) is 0.322. The van der Waals surface area contributed by atoms with Gasteiger partial charge in [0.05, 0.1) is 25.4 Å². The van der Waals surface area contributed by atoms with E-state index < -0.39 is 5.54 Å². The van der Waals surface area contributed by atoms with Crippen molar-refractivity contribution < 1.29 is 19.2 Å². The molecule has 7 nitrogen and oxygen atoms in total. The number of nitrogens with zero attached hydrogens (tertiary/aromatic N) is 2. The van der Waals surface area contributed by atoms with E-state index in [-0.39, 0.29) is 18.3 Å². The summed E-state index contributed by atoms with van der Waals surface area (Å²) in [6.07, 6.45) is 5.16. The van der Waals surface area contributed by atoms with Gasteiger partial charge in [-0.1, -0.05) is 17.3 Å². The molecule has 114 valence electrons. The molecule has 1 amide bonds. The van der Waals surface area contributed by atoms with Crippen LogP contribution in [-0.4, -0.2) is 54.6 Å². The topological polar surface area (TPSA) is 87.8 Å². The van der Waals surface area contributed by atoms with Crippen LogP contribution in [0.5, 0.6) is 0 Å². The van der Waals surface area contributed by atoms with Crippen molar-refractivity contribution >= 4 is 11.7 Å². The Morgan fingerprint density at radius 1 is 1.38 bits per heavy atom. The Kier molecular flexibility index (Phi) is 3.94. The van der Waals surface area contributed by atoms with Gasteiger partial charge in [-0.2, -0.15) is 0 Å². The van der Waals surface area contributed by atoms with E-state index in [2.05, 4.69) is 10.5 Å². The van der Waals surface area contributed by atoms with Crippen LogP contribution < -0.4 is 10.2 Å². The molecule has 0 saturated carbocycles. The van der Waals surface area contributed by atoms with Gasteiger partial charge in [0.2, 0.25) is 5.76 Å². The van der Waals surface area contributed by atoms with E-state index in [0.29, 0.717) is 31.9 Å². The number of amides is 1. The van der Waals surface area contributed by atoms with Crippen LogP contribution in [0.25, 0.3) is 0 Å². The van der Waals surface area contributed by atoms with Crippen molar-refractivity contribution in [3.8, 4) is 0 Å². The largest absolute Gasteiger partial charge is 0.394 e. The van der Waals surface area contributed by atoms with E-state index in [4.69, 9.17) is 9.26 Å². The van der Waals surface area contributed by atoms with E-state index in [1.54, 1.807) is 6.07 Å². The number of carbonyl (C=O) groups is 1. The van der Waals surface area contributed by atoms with Crippen LogP contribution in [0.2, 0.25) is 0 Å². The van der Waals surface area contributed by atoms with Crippen LogP contribution in [0.1, 0.15) is 23.4 Å². The molecule has 1 fully saturated rings. The monoisotopic (exact) mass is 293 g/mol. The zero-order chi connectivity index (χ0) is 14.7. The fourth-order valence-corrected chi connectivity index (χ4v) is 2.59. The molecule has 1 aromatic heterocycles. The van der Waals surface area contributed by atoms with E-state index in [9.17, 15) is 9.90 Å². The highest BCUT2D eigenvalue weighted by molar-refractivity contribution is 5.92. The molecule has 2 aliphatic rings. The van der Waals surface area contributed by atoms with Gasteiger partial charge in [0.1, 0.15) is 0 Å².